The van der Waals surface area contributed by atoms with Gasteiger partial charge < -0.3 is 0 Å². The normalized spacial score (nSPS) is 11.3. The van der Waals surface area contributed by atoms with Crippen LogP contribution in [0.1, 0.15) is 11.1 Å². The van der Waals surface area contributed by atoms with Crippen molar-refractivity contribution >= 4 is 11.4 Å². The van der Waals surface area contributed by atoms with Gasteiger partial charge in [-0.05, 0) is 48.7 Å². The molecule has 1 heterocycles. The number of rotatable bonds is 2. The quantitative estimate of drug-likeness (QED) is 0.583. The van der Waals surface area contributed by atoms with E-state index in [1.54, 1.807) is 12.4 Å². The molecule has 98 valence electrons. The first kappa shape index (κ1) is 12.5. The van der Waals surface area contributed by atoms with E-state index in [0.29, 0.717) is 0 Å². The van der Waals surface area contributed by atoms with Gasteiger partial charge in [0.15, 0.2) is 0 Å². The first-order valence-corrected chi connectivity index (χ1v) is 6.56. The van der Waals surface area contributed by atoms with Crippen molar-refractivity contribution in [3.63, 3.8) is 0 Å². The second-order valence-corrected chi connectivity index (χ2v) is 4.80. The van der Waals surface area contributed by atoms with Gasteiger partial charge in [0.25, 0.3) is 0 Å². The lowest BCUT2D eigenvalue weighted by Crippen LogP contribution is -1.77. The molecule has 0 amide bonds. The average molecular weight is 261 g/mol. The van der Waals surface area contributed by atoms with Crippen LogP contribution in [-0.4, -0.2) is 4.98 Å². The summed E-state index contributed by atoms with van der Waals surface area (Å²) in [6.07, 6.45) is 3.43. The van der Waals surface area contributed by atoms with E-state index in [-0.39, 0.29) is 0 Å². The van der Waals surface area contributed by atoms with Crippen LogP contribution in [0.2, 0.25) is 0 Å². The van der Waals surface area contributed by atoms with Gasteiger partial charge in [-0.25, -0.2) is 0 Å². The molecule has 2 aliphatic carbocycles. The molecule has 0 spiro atoms. The molecule has 2 aliphatic rings. The summed E-state index contributed by atoms with van der Waals surface area (Å²) in [5.41, 5.74) is 6.58. The van der Waals surface area contributed by atoms with E-state index in [9.17, 15) is 0 Å². The topological polar surface area (TPSA) is 37.6 Å². The van der Waals surface area contributed by atoms with Gasteiger partial charge in [0, 0.05) is 18.0 Å². The molecule has 20 heavy (non-hydrogen) atoms. The van der Waals surface area contributed by atoms with E-state index in [1.807, 2.05) is 18.2 Å². The maximum Gasteiger partial charge on any atom is 0.0938 e. The zero-order valence-electron chi connectivity index (χ0n) is 11.5. The Bertz CT molecular complexity index is 733. The van der Waals surface area contributed by atoms with E-state index in [2.05, 4.69) is 53.3 Å². The van der Waals surface area contributed by atoms with Crippen LogP contribution in [0.3, 0.4) is 0 Å². The molecule has 0 N–H and O–H groups in total. The highest BCUT2D eigenvalue weighted by atomic mass is 15.1. The minimum absolute atomic E-state index is 0.809. The zero-order valence-corrected chi connectivity index (χ0v) is 11.5. The SMILES string of the molecule is Cc1cccc(C)c2c(N=Nc3ccncc3)ccc1-2. The van der Waals surface area contributed by atoms with Gasteiger partial charge in [0.2, 0.25) is 0 Å². The number of aryl methyl sites for hydroxylation is 2. The fraction of sp³-hybridized carbons (Fsp3) is 0.118. The molecule has 0 aromatic carbocycles. The number of nitrogens with zero attached hydrogens (tertiary/aromatic N) is 3. The maximum atomic E-state index is 4.39. The van der Waals surface area contributed by atoms with E-state index in [0.717, 1.165) is 11.4 Å². The third-order valence-corrected chi connectivity index (χ3v) is 3.38. The van der Waals surface area contributed by atoms with Crippen molar-refractivity contribution in [3.8, 4) is 11.1 Å². The maximum absolute atomic E-state index is 4.39. The largest absolute Gasteiger partial charge is 0.265 e. The van der Waals surface area contributed by atoms with Crippen LogP contribution < -0.4 is 0 Å². The second-order valence-electron chi connectivity index (χ2n) is 4.80. The lowest BCUT2D eigenvalue weighted by molar-refractivity contribution is 1.21. The minimum Gasteiger partial charge on any atom is -0.265 e. The fourth-order valence-electron chi connectivity index (χ4n) is 2.33. The summed E-state index contributed by atoms with van der Waals surface area (Å²) in [5.74, 6) is 0. The Morgan fingerprint density at radius 3 is 2.35 bits per heavy atom. The average Bonchev–Trinajstić information content (AvgIpc) is 2.84. The molecule has 3 rings (SSSR count). The van der Waals surface area contributed by atoms with Gasteiger partial charge in [-0.1, -0.05) is 24.3 Å². The summed E-state index contributed by atoms with van der Waals surface area (Å²) in [4.78, 5) is 3.97. The zero-order chi connectivity index (χ0) is 13.9. The Kier molecular flexibility index (Phi) is 3.25. The summed E-state index contributed by atoms with van der Waals surface area (Å²) in [6, 6.07) is 14.1. The molecule has 1 aromatic rings. The minimum atomic E-state index is 0.809. The third kappa shape index (κ3) is 2.30. The Morgan fingerprint density at radius 2 is 1.55 bits per heavy atom. The molecule has 0 saturated carbocycles. The van der Waals surface area contributed by atoms with Crippen LogP contribution in [0.4, 0.5) is 11.4 Å². The number of hydrogen-bond donors (Lipinski definition) is 0. The molecule has 3 heteroatoms. The van der Waals surface area contributed by atoms with Crippen LogP contribution >= 0.6 is 0 Å². The van der Waals surface area contributed by atoms with Gasteiger partial charge in [0.05, 0.1) is 11.4 Å². The summed E-state index contributed by atoms with van der Waals surface area (Å²) in [7, 11) is 0. The van der Waals surface area contributed by atoms with Gasteiger partial charge in [0.1, 0.15) is 0 Å². The predicted octanol–water partition coefficient (Wildman–Crippen LogP) is 5.22. The van der Waals surface area contributed by atoms with E-state index in [1.165, 1.54) is 22.3 Å². The highest BCUT2D eigenvalue weighted by Gasteiger charge is 2.12. The van der Waals surface area contributed by atoms with Crippen molar-refractivity contribution in [2.45, 2.75) is 13.8 Å². The standard InChI is InChI=1S/C17H15N3/c1-12-4-3-5-13(2)17-15(12)6-7-16(17)20-19-14-8-10-18-11-9-14/h3-11H,1-2H3. The Morgan fingerprint density at radius 1 is 0.800 bits per heavy atom. The van der Waals surface area contributed by atoms with E-state index in [4.69, 9.17) is 0 Å². The van der Waals surface area contributed by atoms with Crippen molar-refractivity contribution in [2.75, 3.05) is 0 Å². The Balaban J connectivity index is 2.06. The van der Waals surface area contributed by atoms with Crippen LogP contribution in [0, 0.1) is 13.8 Å². The van der Waals surface area contributed by atoms with Gasteiger partial charge in [-0.3, -0.25) is 4.98 Å². The fourth-order valence-corrected chi connectivity index (χ4v) is 2.33. The lowest BCUT2D eigenvalue weighted by Gasteiger charge is -2.02. The molecular weight excluding hydrogens is 246 g/mol. The summed E-state index contributed by atoms with van der Waals surface area (Å²) in [5, 5.41) is 8.67. The van der Waals surface area contributed by atoms with Gasteiger partial charge in [-0.15, -0.1) is 5.11 Å². The lowest BCUT2D eigenvalue weighted by atomic mass is 10.0. The molecule has 0 fully saturated rings. The number of pyridine rings is 1. The molecule has 0 bridgehead atoms. The number of fused-ring (bicyclic) bond motifs is 1. The number of hydrogen-bond acceptors (Lipinski definition) is 3. The van der Waals surface area contributed by atoms with Gasteiger partial charge in [-0.2, -0.15) is 5.11 Å². The number of aromatic nitrogens is 1. The van der Waals surface area contributed by atoms with E-state index < -0.39 is 0 Å². The predicted molar refractivity (Wildman–Crippen MR) is 81.0 cm³/mol. The van der Waals surface area contributed by atoms with E-state index >= 15 is 0 Å². The molecule has 0 radical (unpaired) electrons. The van der Waals surface area contributed by atoms with Crippen LogP contribution in [0.25, 0.3) is 11.1 Å². The first-order valence-electron chi connectivity index (χ1n) is 6.56. The molecule has 0 unspecified atom stereocenters. The van der Waals surface area contributed by atoms with Crippen molar-refractivity contribution in [1.29, 1.82) is 0 Å². The van der Waals surface area contributed by atoms with Crippen molar-refractivity contribution in [2.24, 2.45) is 10.2 Å². The first-order chi connectivity index (χ1) is 9.75. The summed E-state index contributed by atoms with van der Waals surface area (Å²) in [6.45, 7) is 4.22. The van der Waals surface area contributed by atoms with Crippen molar-refractivity contribution < 1.29 is 0 Å². The van der Waals surface area contributed by atoms with Crippen molar-refractivity contribution in [1.82, 2.24) is 4.98 Å². The molecule has 1 aromatic heterocycles. The smallest absolute Gasteiger partial charge is 0.0938 e. The number of azo groups is 1. The Hall–Kier alpha value is -2.55. The highest BCUT2D eigenvalue weighted by Crippen LogP contribution is 2.38. The summed E-state index contributed by atoms with van der Waals surface area (Å²) < 4.78 is 0. The molecular formula is C17H15N3. The monoisotopic (exact) mass is 261 g/mol. The molecule has 0 saturated heterocycles. The van der Waals surface area contributed by atoms with Crippen LogP contribution in [0.15, 0.2) is 65.1 Å². The van der Waals surface area contributed by atoms with Crippen LogP contribution in [0.5, 0.6) is 0 Å². The molecule has 3 nitrogen and oxygen atoms in total. The Labute approximate surface area is 118 Å². The third-order valence-electron chi connectivity index (χ3n) is 3.38. The second kappa shape index (κ2) is 5.21. The molecule has 0 atom stereocenters. The van der Waals surface area contributed by atoms with Gasteiger partial charge >= 0.3 is 0 Å². The van der Waals surface area contributed by atoms with Crippen molar-refractivity contribution in [3.05, 3.63) is 66.0 Å². The summed E-state index contributed by atoms with van der Waals surface area (Å²) >= 11 is 0. The highest BCUT2D eigenvalue weighted by molar-refractivity contribution is 5.83. The molecule has 0 aliphatic heterocycles. The van der Waals surface area contributed by atoms with Crippen LogP contribution in [-0.2, 0) is 0 Å².